The third-order valence-corrected chi connectivity index (χ3v) is 1.73. The molecule has 0 aliphatic carbocycles. The molecule has 0 fully saturated rings. The summed E-state index contributed by atoms with van der Waals surface area (Å²) in [7, 11) is 0. The molecule has 0 saturated carbocycles. The van der Waals surface area contributed by atoms with Crippen LogP contribution in [0.5, 0.6) is 0 Å². The molecule has 0 radical (unpaired) electrons. The van der Waals surface area contributed by atoms with Crippen molar-refractivity contribution < 1.29 is 9.53 Å². The van der Waals surface area contributed by atoms with Crippen LogP contribution in [0, 0.1) is 5.92 Å². The second-order valence-electron chi connectivity index (χ2n) is 4.00. The summed E-state index contributed by atoms with van der Waals surface area (Å²) in [6, 6.07) is 0. The van der Waals surface area contributed by atoms with Crippen LogP contribution < -0.4 is 10.6 Å². The number of nitrogens with one attached hydrogen (secondary N) is 2. The molecular weight excluding hydrogens is 192 g/mol. The summed E-state index contributed by atoms with van der Waals surface area (Å²) in [5.74, 6) is 0.587. The first-order valence-corrected chi connectivity index (χ1v) is 5.72. The summed E-state index contributed by atoms with van der Waals surface area (Å²) in [5, 5.41) is 5.83. The van der Waals surface area contributed by atoms with Crippen LogP contribution in [0.4, 0.5) is 0 Å². The highest BCUT2D eigenvalue weighted by molar-refractivity contribution is 5.77. The Hall–Kier alpha value is -0.610. The number of rotatable bonds is 9. The van der Waals surface area contributed by atoms with Crippen molar-refractivity contribution in [2.45, 2.75) is 27.2 Å². The first kappa shape index (κ1) is 14.4. The fraction of sp³-hybridized carbons (Fsp3) is 0.909. The maximum Gasteiger partial charge on any atom is 0.234 e. The smallest absolute Gasteiger partial charge is 0.234 e. The van der Waals surface area contributed by atoms with E-state index < -0.39 is 0 Å². The lowest BCUT2D eigenvalue weighted by atomic mass is 10.2. The van der Waals surface area contributed by atoms with Crippen molar-refractivity contribution >= 4 is 5.91 Å². The molecule has 0 aliphatic heterocycles. The third-order valence-electron chi connectivity index (χ3n) is 1.73. The van der Waals surface area contributed by atoms with E-state index in [4.69, 9.17) is 4.74 Å². The van der Waals surface area contributed by atoms with Crippen LogP contribution in [0.1, 0.15) is 27.2 Å². The Balaban J connectivity index is 3.17. The minimum absolute atomic E-state index is 0.0385. The van der Waals surface area contributed by atoms with Crippen molar-refractivity contribution in [1.82, 2.24) is 10.6 Å². The quantitative estimate of drug-likeness (QED) is 0.560. The Kier molecular flexibility index (Phi) is 9.52. The summed E-state index contributed by atoms with van der Waals surface area (Å²) in [5.41, 5.74) is 0. The van der Waals surface area contributed by atoms with E-state index in [0.29, 0.717) is 25.6 Å². The Labute approximate surface area is 92.8 Å². The van der Waals surface area contributed by atoms with Crippen LogP contribution in [0.15, 0.2) is 0 Å². The summed E-state index contributed by atoms with van der Waals surface area (Å²) in [6.45, 7) is 9.52. The zero-order valence-corrected chi connectivity index (χ0v) is 10.1. The van der Waals surface area contributed by atoms with Crippen LogP contribution in [-0.2, 0) is 9.53 Å². The molecule has 4 nitrogen and oxygen atoms in total. The van der Waals surface area contributed by atoms with Gasteiger partial charge in [-0.2, -0.15) is 0 Å². The van der Waals surface area contributed by atoms with Gasteiger partial charge in [-0.25, -0.2) is 0 Å². The average Bonchev–Trinajstić information content (AvgIpc) is 2.17. The van der Waals surface area contributed by atoms with Gasteiger partial charge in [-0.1, -0.05) is 20.8 Å². The second-order valence-corrected chi connectivity index (χ2v) is 4.00. The lowest BCUT2D eigenvalue weighted by Crippen LogP contribution is -2.36. The molecule has 15 heavy (non-hydrogen) atoms. The Morgan fingerprint density at radius 1 is 1.33 bits per heavy atom. The first-order chi connectivity index (χ1) is 7.16. The lowest BCUT2D eigenvalue weighted by Gasteiger charge is -2.08. The predicted molar refractivity (Wildman–Crippen MR) is 61.8 cm³/mol. The molecule has 2 N–H and O–H groups in total. The standard InChI is InChI=1S/C11H24N2O2/c1-4-5-12-8-11(14)13-6-7-15-9-10(2)3/h10,12H,4-9H2,1-3H3,(H,13,14). The van der Waals surface area contributed by atoms with Gasteiger partial charge >= 0.3 is 0 Å². The van der Waals surface area contributed by atoms with E-state index in [0.717, 1.165) is 19.6 Å². The number of carbonyl (C=O) groups is 1. The minimum Gasteiger partial charge on any atom is -0.379 e. The minimum atomic E-state index is 0.0385. The number of carbonyl (C=O) groups excluding carboxylic acids is 1. The fourth-order valence-electron chi connectivity index (χ4n) is 1.02. The zero-order chi connectivity index (χ0) is 11.5. The van der Waals surface area contributed by atoms with E-state index in [1.807, 2.05) is 0 Å². The van der Waals surface area contributed by atoms with Crippen molar-refractivity contribution in [2.24, 2.45) is 5.92 Å². The molecule has 0 aromatic rings. The Morgan fingerprint density at radius 2 is 2.07 bits per heavy atom. The number of hydrogen-bond donors (Lipinski definition) is 2. The highest BCUT2D eigenvalue weighted by Crippen LogP contribution is 1.90. The van der Waals surface area contributed by atoms with Gasteiger partial charge in [0.15, 0.2) is 0 Å². The summed E-state index contributed by atoms with van der Waals surface area (Å²) < 4.78 is 5.34. The van der Waals surface area contributed by atoms with Gasteiger partial charge in [0, 0.05) is 13.2 Å². The Morgan fingerprint density at radius 3 is 2.67 bits per heavy atom. The van der Waals surface area contributed by atoms with Crippen LogP contribution in [-0.4, -0.2) is 38.8 Å². The molecule has 4 heteroatoms. The summed E-state index contributed by atoms with van der Waals surface area (Å²) in [4.78, 5) is 11.2. The number of amides is 1. The van der Waals surface area contributed by atoms with E-state index in [1.165, 1.54) is 0 Å². The van der Waals surface area contributed by atoms with Gasteiger partial charge in [0.05, 0.1) is 13.2 Å². The van der Waals surface area contributed by atoms with Gasteiger partial charge in [-0.3, -0.25) is 4.79 Å². The maximum atomic E-state index is 11.2. The van der Waals surface area contributed by atoms with E-state index in [-0.39, 0.29) is 5.91 Å². The van der Waals surface area contributed by atoms with E-state index in [9.17, 15) is 4.79 Å². The molecule has 0 unspecified atom stereocenters. The van der Waals surface area contributed by atoms with Crippen molar-refractivity contribution in [3.8, 4) is 0 Å². The zero-order valence-electron chi connectivity index (χ0n) is 10.1. The van der Waals surface area contributed by atoms with E-state index in [1.54, 1.807) is 0 Å². The molecule has 0 spiro atoms. The van der Waals surface area contributed by atoms with Gasteiger partial charge in [-0.05, 0) is 18.9 Å². The molecule has 90 valence electrons. The average molecular weight is 216 g/mol. The highest BCUT2D eigenvalue weighted by atomic mass is 16.5. The monoisotopic (exact) mass is 216 g/mol. The second kappa shape index (κ2) is 9.93. The van der Waals surface area contributed by atoms with Crippen molar-refractivity contribution in [2.75, 3.05) is 32.8 Å². The van der Waals surface area contributed by atoms with Crippen molar-refractivity contribution in [1.29, 1.82) is 0 Å². The van der Waals surface area contributed by atoms with Crippen LogP contribution in [0.2, 0.25) is 0 Å². The van der Waals surface area contributed by atoms with Crippen LogP contribution in [0.25, 0.3) is 0 Å². The SMILES string of the molecule is CCCNCC(=O)NCCOCC(C)C. The Bertz CT molecular complexity index is 161. The molecule has 0 rings (SSSR count). The van der Waals surface area contributed by atoms with E-state index in [2.05, 4.69) is 31.4 Å². The molecule has 0 aromatic carbocycles. The van der Waals surface area contributed by atoms with Gasteiger partial charge in [-0.15, -0.1) is 0 Å². The highest BCUT2D eigenvalue weighted by Gasteiger charge is 1.99. The van der Waals surface area contributed by atoms with Crippen LogP contribution in [0.3, 0.4) is 0 Å². The molecule has 0 saturated heterocycles. The van der Waals surface area contributed by atoms with Gasteiger partial charge in [0.25, 0.3) is 0 Å². The van der Waals surface area contributed by atoms with Gasteiger partial charge < -0.3 is 15.4 Å². The molecule has 0 heterocycles. The molecule has 1 amide bonds. The number of hydrogen-bond acceptors (Lipinski definition) is 3. The largest absolute Gasteiger partial charge is 0.379 e. The third kappa shape index (κ3) is 11.3. The summed E-state index contributed by atoms with van der Waals surface area (Å²) >= 11 is 0. The molecule has 0 aromatic heterocycles. The first-order valence-electron chi connectivity index (χ1n) is 5.72. The molecular formula is C11H24N2O2. The van der Waals surface area contributed by atoms with Crippen LogP contribution >= 0.6 is 0 Å². The molecule has 0 aliphatic rings. The molecule has 0 bridgehead atoms. The van der Waals surface area contributed by atoms with E-state index >= 15 is 0 Å². The summed E-state index contributed by atoms with van der Waals surface area (Å²) in [6.07, 6.45) is 1.05. The van der Waals surface area contributed by atoms with Gasteiger partial charge in [0.1, 0.15) is 0 Å². The van der Waals surface area contributed by atoms with Crippen molar-refractivity contribution in [3.05, 3.63) is 0 Å². The normalized spacial score (nSPS) is 10.7. The fourth-order valence-corrected chi connectivity index (χ4v) is 1.02. The lowest BCUT2D eigenvalue weighted by molar-refractivity contribution is -0.120. The topological polar surface area (TPSA) is 50.4 Å². The van der Waals surface area contributed by atoms with Gasteiger partial charge in [0.2, 0.25) is 5.91 Å². The predicted octanol–water partition coefficient (Wildman–Crippen LogP) is 0.775. The molecule has 0 atom stereocenters. The van der Waals surface area contributed by atoms with Crippen molar-refractivity contribution in [3.63, 3.8) is 0 Å². The maximum absolute atomic E-state index is 11.2. The number of ether oxygens (including phenoxy) is 1.